The van der Waals surface area contributed by atoms with Gasteiger partial charge in [0.25, 0.3) is 0 Å². The van der Waals surface area contributed by atoms with Crippen LogP contribution in [0, 0.1) is 5.92 Å². The summed E-state index contributed by atoms with van der Waals surface area (Å²) in [7, 11) is 0. The average molecular weight is 243 g/mol. The van der Waals surface area contributed by atoms with Crippen molar-refractivity contribution in [3.05, 3.63) is 11.2 Å². The maximum atomic E-state index is 9.66. The summed E-state index contributed by atoms with van der Waals surface area (Å²) in [6, 6.07) is 0. The lowest BCUT2D eigenvalue weighted by Crippen LogP contribution is -2.22. The van der Waals surface area contributed by atoms with E-state index >= 15 is 0 Å². The maximum absolute atomic E-state index is 9.66. The Balaban J connectivity index is 1.96. The Kier molecular flexibility index (Phi) is 3.46. The summed E-state index contributed by atoms with van der Waals surface area (Å²) in [6.07, 6.45) is 4.24. The summed E-state index contributed by atoms with van der Waals surface area (Å²) in [5.74, 6) is 0.999. The zero-order chi connectivity index (χ0) is 11.5. The molecule has 0 radical (unpaired) electrons. The van der Waals surface area contributed by atoms with Crippen LogP contribution in [0.25, 0.3) is 0 Å². The molecule has 16 heavy (non-hydrogen) atoms. The van der Waals surface area contributed by atoms with Crippen molar-refractivity contribution in [1.29, 1.82) is 0 Å². The molecule has 1 fully saturated rings. The number of hydrogen-bond donors (Lipinski definition) is 3. The van der Waals surface area contributed by atoms with Gasteiger partial charge in [-0.3, -0.25) is 0 Å². The Hall–Kier alpha value is -1.07. The van der Waals surface area contributed by atoms with Crippen LogP contribution in [0.3, 0.4) is 0 Å². The largest absolute Gasteiger partial charge is 0.393 e. The normalized spacial score (nSPS) is 24.6. The average Bonchev–Trinajstić information content (AvgIpc) is 2.66. The number of aromatic nitrogens is 2. The summed E-state index contributed by atoms with van der Waals surface area (Å²) in [6.45, 7) is 0.664. The van der Waals surface area contributed by atoms with Crippen molar-refractivity contribution in [2.75, 3.05) is 17.6 Å². The predicted octanol–water partition coefficient (Wildman–Crippen LogP) is 1.29. The van der Waals surface area contributed by atoms with Crippen LogP contribution >= 0.6 is 11.6 Å². The fourth-order valence-corrected chi connectivity index (χ4v) is 2.15. The first-order valence-electron chi connectivity index (χ1n) is 5.37. The predicted molar refractivity (Wildman–Crippen MR) is 63.3 cm³/mol. The fraction of sp³-hybridized carbons (Fsp3) is 0.600. The zero-order valence-electron chi connectivity index (χ0n) is 8.86. The molecule has 2 rings (SSSR count). The lowest BCUT2D eigenvalue weighted by atomic mass is 10.1. The molecule has 6 heteroatoms. The van der Waals surface area contributed by atoms with Crippen molar-refractivity contribution >= 4 is 23.4 Å². The summed E-state index contributed by atoms with van der Waals surface area (Å²) in [5.41, 5.74) is 5.47. The van der Waals surface area contributed by atoms with E-state index in [1.165, 1.54) is 6.20 Å². The number of nitrogens with zero attached hydrogens (tertiary/aromatic N) is 2. The molecule has 4 N–H and O–H groups in total. The van der Waals surface area contributed by atoms with Gasteiger partial charge in [0, 0.05) is 12.5 Å². The third-order valence-corrected chi connectivity index (χ3v) is 3.19. The summed E-state index contributed by atoms with van der Waals surface area (Å²) in [4.78, 5) is 7.78. The van der Waals surface area contributed by atoms with Gasteiger partial charge in [0.1, 0.15) is 10.8 Å². The number of aliphatic hydroxyl groups excluding tert-OH is 1. The van der Waals surface area contributed by atoms with Crippen LogP contribution in [0.5, 0.6) is 0 Å². The van der Waals surface area contributed by atoms with Crippen molar-refractivity contribution in [2.45, 2.75) is 25.4 Å². The van der Waals surface area contributed by atoms with Crippen LogP contribution in [-0.2, 0) is 0 Å². The molecule has 1 aromatic rings. The standard InChI is InChI=1S/C10H15ClN4O/c11-7-5-14-10(12)15-9(7)13-4-6-2-1-3-8(6)16/h5-6,8,16H,1-4H2,(H3,12,13,14,15). The van der Waals surface area contributed by atoms with Crippen molar-refractivity contribution in [3.8, 4) is 0 Å². The second-order valence-corrected chi connectivity index (χ2v) is 4.47. The van der Waals surface area contributed by atoms with Crippen molar-refractivity contribution < 1.29 is 5.11 Å². The molecule has 1 aliphatic rings. The van der Waals surface area contributed by atoms with Crippen LogP contribution in [0.1, 0.15) is 19.3 Å². The van der Waals surface area contributed by atoms with Gasteiger partial charge >= 0.3 is 0 Å². The van der Waals surface area contributed by atoms with Gasteiger partial charge in [-0.2, -0.15) is 4.98 Å². The third-order valence-electron chi connectivity index (χ3n) is 2.91. The van der Waals surface area contributed by atoms with E-state index in [1.807, 2.05) is 0 Å². The van der Waals surface area contributed by atoms with E-state index in [2.05, 4.69) is 15.3 Å². The molecular formula is C10H15ClN4O. The first-order valence-corrected chi connectivity index (χ1v) is 5.74. The number of nitrogen functional groups attached to an aromatic ring is 1. The molecule has 1 aromatic heterocycles. The topological polar surface area (TPSA) is 84.1 Å². The fourth-order valence-electron chi connectivity index (χ4n) is 1.99. The molecule has 2 atom stereocenters. The summed E-state index contributed by atoms with van der Waals surface area (Å²) in [5, 5.41) is 13.2. The number of halogens is 1. The minimum absolute atomic E-state index is 0.193. The second kappa shape index (κ2) is 4.84. The lowest BCUT2D eigenvalue weighted by molar-refractivity contribution is 0.138. The molecule has 1 aliphatic carbocycles. The van der Waals surface area contributed by atoms with E-state index in [9.17, 15) is 5.11 Å². The van der Waals surface area contributed by atoms with Gasteiger partial charge in [-0.15, -0.1) is 0 Å². The molecule has 5 nitrogen and oxygen atoms in total. The van der Waals surface area contributed by atoms with Crippen molar-refractivity contribution in [2.24, 2.45) is 5.92 Å². The van der Waals surface area contributed by atoms with Crippen molar-refractivity contribution in [1.82, 2.24) is 9.97 Å². The molecule has 0 saturated heterocycles. The Morgan fingerprint density at radius 3 is 3.06 bits per heavy atom. The zero-order valence-corrected chi connectivity index (χ0v) is 9.61. The highest BCUT2D eigenvalue weighted by Gasteiger charge is 2.25. The maximum Gasteiger partial charge on any atom is 0.222 e. The number of nitrogens with one attached hydrogen (secondary N) is 1. The highest BCUT2D eigenvalue weighted by atomic mass is 35.5. The van der Waals surface area contributed by atoms with Crippen LogP contribution in [0.2, 0.25) is 5.02 Å². The molecule has 88 valence electrons. The van der Waals surface area contributed by atoms with Gasteiger partial charge < -0.3 is 16.2 Å². The quantitative estimate of drug-likeness (QED) is 0.744. The Bertz CT molecular complexity index is 374. The Morgan fingerprint density at radius 1 is 1.56 bits per heavy atom. The van der Waals surface area contributed by atoms with Crippen LogP contribution < -0.4 is 11.1 Å². The lowest BCUT2D eigenvalue weighted by Gasteiger charge is -2.15. The van der Waals surface area contributed by atoms with E-state index in [0.29, 0.717) is 17.4 Å². The smallest absolute Gasteiger partial charge is 0.222 e. The molecular weight excluding hydrogens is 228 g/mol. The number of nitrogens with two attached hydrogens (primary N) is 1. The minimum Gasteiger partial charge on any atom is -0.393 e. The van der Waals surface area contributed by atoms with E-state index in [0.717, 1.165) is 19.3 Å². The summed E-state index contributed by atoms with van der Waals surface area (Å²) >= 11 is 5.91. The van der Waals surface area contributed by atoms with E-state index in [-0.39, 0.29) is 18.0 Å². The third kappa shape index (κ3) is 2.54. The van der Waals surface area contributed by atoms with E-state index in [1.54, 1.807) is 0 Å². The SMILES string of the molecule is Nc1ncc(Cl)c(NCC2CCCC2O)n1. The molecule has 0 bridgehead atoms. The second-order valence-electron chi connectivity index (χ2n) is 4.06. The van der Waals surface area contributed by atoms with Gasteiger partial charge in [0.15, 0.2) is 0 Å². The monoisotopic (exact) mass is 242 g/mol. The van der Waals surface area contributed by atoms with Crippen molar-refractivity contribution in [3.63, 3.8) is 0 Å². The number of anilines is 2. The highest BCUT2D eigenvalue weighted by Crippen LogP contribution is 2.26. The highest BCUT2D eigenvalue weighted by molar-refractivity contribution is 6.32. The van der Waals surface area contributed by atoms with Gasteiger partial charge in [-0.05, 0) is 12.8 Å². The van der Waals surface area contributed by atoms with Crippen LogP contribution in [-0.4, -0.2) is 27.7 Å². The first-order chi connectivity index (χ1) is 7.66. The number of rotatable bonds is 3. The minimum atomic E-state index is -0.217. The molecule has 1 heterocycles. The van der Waals surface area contributed by atoms with Crippen LogP contribution in [0.4, 0.5) is 11.8 Å². The first kappa shape index (κ1) is 11.4. The molecule has 0 aromatic carbocycles. The number of hydrogen-bond acceptors (Lipinski definition) is 5. The van der Waals surface area contributed by atoms with E-state index < -0.39 is 0 Å². The molecule has 2 unspecified atom stereocenters. The van der Waals surface area contributed by atoms with E-state index in [4.69, 9.17) is 17.3 Å². The Labute approximate surface area is 99.0 Å². The van der Waals surface area contributed by atoms with Gasteiger partial charge in [-0.25, -0.2) is 4.98 Å². The van der Waals surface area contributed by atoms with Gasteiger partial charge in [0.2, 0.25) is 5.95 Å². The Morgan fingerprint density at radius 2 is 2.38 bits per heavy atom. The van der Waals surface area contributed by atoms with Gasteiger partial charge in [0.05, 0.1) is 12.3 Å². The molecule has 0 aliphatic heterocycles. The van der Waals surface area contributed by atoms with Gasteiger partial charge in [-0.1, -0.05) is 18.0 Å². The molecule has 0 spiro atoms. The molecule has 0 amide bonds. The van der Waals surface area contributed by atoms with Crippen LogP contribution in [0.15, 0.2) is 6.20 Å². The molecule has 1 saturated carbocycles. The number of aliphatic hydroxyl groups is 1. The summed E-state index contributed by atoms with van der Waals surface area (Å²) < 4.78 is 0.